The molecule has 4 heteroatoms. The Balaban J connectivity index is 1.66. The van der Waals surface area contributed by atoms with Gasteiger partial charge in [-0.25, -0.2) is 0 Å². The minimum absolute atomic E-state index is 0.0556. The molecule has 1 heterocycles. The maximum absolute atomic E-state index is 6.84. The van der Waals surface area contributed by atoms with E-state index in [9.17, 15) is 0 Å². The fraction of sp³-hybridized carbons (Fsp3) is 0.235. The van der Waals surface area contributed by atoms with Crippen molar-refractivity contribution in [3.05, 3.63) is 102 Å². The Bertz CT molecular complexity index is 1770. The minimum atomic E-state index is -1.26. The predicted octanol–water partition coefficient (Wildman–Crippen LogP) is 10.5. The Morgan fingerprint density at radius 1 is 0.579 bits per heavy atom. The first-order valence-corrected chi connectivity index (χ1v) is 14.6. The van der Waals surface area contributed by atoms with Crippen LogP contribution in [0, 0.1) is 0 Å². The van der Waals surface area contributed by atoms with Crippen LogP contribution < -0.4 is 4.52 Å². The largest absolute Gasteiger partial charge is 0.417 e. The standard InChI is InChI=1S/C34H35N2OP/c1-33(2,3)24-17-20-30(27(21-24)34(4,5)6)37-38-35-28-18-15-22-11-7-9-13-25(22)31(28)32-26-14-10-8-12-23(26)16-19-29(32)36-38/h7-21,35-36H,1-6H3. The monoisotopic (exact) mass is 518 g/mol. The Morgan fingerprint density at radius 2 is 1.11 bits per heavy atom. The van der Waals surface area contributed by atoms with Gasteiger partial charge in [-0.15, -0.1) is 0 Å². The van der Waals surface area contributed by atoms with Gasteiger partial charge in [-0.1, -0.05) is 114 Å². The zero-order valence-corrected chi connectivity index (χ0v) is 23.9. The van der Waals surface area contributed by atoms with Gasteiger partial charge in [0.15, 0.2) is 0 Å². The van der Waals surface area contributed by atoms with Crippen LogP contribution in [-0.2, 0) is 10.8 Å². The number of benzene rings is 5. The molecule has 0 aliphatic carbocycles. The van der Waals surface area contributed by atoms with Crippen molar-refractivity contribution in [2.24, 2.45) is 0 Å². The Morgan fingerprint density at radius 3 is 1.61 bits per heavy atom. The van der Waals surface area contributed by atoms with Crippen molar-refractivity contribution in [1.82, 2.24) is 9.49 Å². The van der Waals surface area contributed by atoms with E-state index in [4.69, 9.17) is 4.52 Å². The van der Waals surface area contributed by atoms with Crippen molar-refractivity contribution >= 4 is 51.4 Å². The lowest BCUT2D eigenvalue weighted by molar-refractivity contribution is 0.530. The first kappa shape index (κ1) is 24.6. The Kier molecular flexibility index (Phi) is 5.81. The van der Waals surface area contributed by atoms with Gasteiger partial charge in [0, 0.05) is 16.3 Å². The van der Waals surface area contributed by atoms with Gasteiger partial charge in [0.05, 0.1) is 11.0 Å². The van der Waals surface area contributed by atoms with Gasteiger partial charge in [0.25, 0.3) is 0 Å². The minimum Gasteiger partial charge on any atom is -0.417 e. The molecule has 6 aromatic rings. The highest BCUT2D eigenvalue weighted by atomic mass is 31.1. The van der Waals surface area contributed by atoms with Crippen molar-refractivity contribution in [3.8, 4) is 5.75 Å². The topological polar surface area (TPSA) is 40.8 Å². The summed E-state index contributed by atoms with van der Waals surface area (Å²) in [6, 6.07) is 32.7. The molecule has 3 nitrogen and oxygen atoms in total. The summed E-state index contributed by atoms with van der Waals surface area (Å²) in [5.74, 6) is 0.920. The van der Waals surface area contributed by atoms with Crippen molar-refractivity contribution in [2.75, 3.05) is 0 Å². The zero-order valence-electron chi connectivity index (χ0n) is 23.0. The summed E-state index contributed by atoms with van der Waals surface area (Å²) in [5, 5.41) is 7.36. The average molecular weight is 519 g/mol. The number of aromatic amines is 2. The van der Waals surface area contributed by atoms with Crippen molar-refractivity contribution in [2.45, 2.75) is 52.4 Å². The molecule has 0 bridgehead atoms. The van der Waals surface area contributed by atoms with Gasteiger partial charge in [0.1, 0.15) is 5.75 Å². The van der Waals surface area contributed by atoms with E-state index >= 15 is 0 Å². The molecule has 5 aromatic carbocycles. The number of hydrogen-bond acceptors (Lipinski definition) is 1. The van der Waals surface area contributed by atoms with E-state index in [-0.39, 0.29) is 10.8 Å². The molecule has 0 unspecified atom stereocenters. The van der Waals surface area contributed by atoms with Crippen molar-refractivity contribution in [1.29, 1.82) is 0 Å². The van der Waals surface area contributed by atoms with E-state index in [0.717, 1.165) is 16.8 Å². The van der Waals surface area contributed by atoms with Crippen molar-refractivity contribution < 1.29 is 4.52 Å². The normalized spacial score (nSPS) is 12.5. The highest BCUT2D eigenvalue weighted by Gasteiger charge is 2.24. The molecule has 2 N–H and O–H groups in total. The van der Waals surface area contributed by atoms with Crippen LogP contribution in [0.15, 0.2) is 91.0 Å². The zero-order chi connectivity index (χ0) is 26.7. The molecule has 0 saturated carbocycles. The van der Waals surface area contributed by atoms with Crippen LogP contribution in [0.25, 0.3) is 43.4 Å². The summed E-state index contributed by atoms with van der Waals surface area (Å²) in [7, 11) is -1.26. The van der Waals surface area contributed by atoms with E-state index in [2.05, 4.69) is 142 Å². The van der Waals surface area contributed by atoms with Crippen LogP contribution in [0.3, 0.4) is 0 Å². The lowest BCUT2D eigenvalue weighted by Gasteiger charge is -2.27. The van der Waals surface area contributed by atoms with Crippen LogP contribution >= 0.6 is 8.08 Å². The van der Waals surface area contributed by atoms with Gasteiger partial charge in [-0.05, 0) is 56.1 Å². The number of fused-ring (bicyclic) bond motifs is 7. The van der Waals surface area contributed by atoms with E-state index in [1.807, 2.05) is 0 Å². The van der Waals surface area contributed by atoms with E-state index in [1.165, 1.54) is 43.4 Å². The Hall–Kier alpha value is -3.68. The fourth-order valence-corrected chi connectivity index (χ4v) is 6.63. The molecule has 0 amide bonds. The maximum Gasteiger partial charge on any atom is 0.230 e. The third-order valence-corrected chi connectivity index (χ3v) is 8.66. The molecule has 0 aliphatic rings. The number of H-pyrrole nitrogens is 2. The van der Waals surface area contributed by atoms with Crippen LogP contribution in [0.4, 0.5) is 0 Å². The molecule has 0 saturated heterocycles. The molecule has 0 fully saturated rings. The number of aromatic nitrogens is 2. The summed E-state index contributed by atoms with van der Waals surface area (Å²) in [6.07, 6.45) is 0. The molecular formula is C34H35N2OP. The SMILES string of the molecule is CC(C)(C)c1ccc(Op2[nH]c3ccc4ccccc4c3c3c(ccc4ccccc43)[nH]2)c(C(C)(C)C)c1. The van der Waals surface area contributed by atoms with Gasteiger partial charge in [-0.3, -0.25) is 0 Å². The van der Waals surface area contributed by atoms with E-state index in [0.29, 0.717) is 0 Å². The molecular weight excluding hydrogens is 483 g/mol. The van der Waals surface area contributed by atoms with E-state index in [1.54, 1.807) is 0 Å². The molecule has 38 heavy (non-hydrogen) atoms. The lowest BCUT2D eigenvalue weighted by atomic mass is 9.80. The molecule has 0 atom stereocenters. The van der Waals surface area contributed by atoms with Crippen LogP contribution in [0.2, 0.25) is 0 Å². The van der Waals surface area contributed by atoms with E-state index < -0.39 is 8.08 Å². The summed E-state index contributed by atoms with van der Waals surface area (Å²) in [6.45, 7) is 13.5. The third kappa shape index (κ3) is 4.36. The molecule has 0 aliphatic heterocycles. The molecule has 0 radical (unpaired) electrons. The Labute approximate surface area is 225 Å². The first-order valence-electron chi connectivity index (χ1n) is 13.3. The summed E-state index contributed by atoms with van der Waals surface area (Å²) in [4.78, 5) is 0. The van der Waals surface area contributed by atoms with Gasteiger partial charge in [-0.2, -0.15) is 0 Å². The summed E-state index contributed by atoms with van der Waals surface area (Å²) < 4.78 is 14.4. The van der Waals surface area contributed by atoms with Gasteiger partial charge in [0.2, 0.25) is 8.08 Å². The second-order valence-electron chi connectivity index (χ2n) is 12.2. The van der Waals surface area contributed by atoms with Gasteiger partial charge >= 0.3 is 0 Å². The number of hydrogen-bond donors (Lipinski definition) is 2. The molecule has 192 valence electrons. The first-order chi connectivity index (χ1) is 18.1. The molecule has 6 rings (SSSR count). The quantitative estimate of drug-likeness (QED) is 0.235. The smallest absolute Gasteiger partial charge is 0.230 e. The summed E-state index contributed by atoms with van der Waals surface area (Å²) in [5.41, 5.74) is 4.72. The molecule has 0 spiro atoms. The fourth-order valence-electron chi connectivity index (χ4n) is 5.32. The third-order valence-electron chi connectivity index (χ3n) is 7.40. The highest BCUT2D eigenvalue weighted by Crippen LogP contribution is 2.41. The van der Waals surface area contributed by atoms with Crippen LogP contribution in [0.1, 0.15) is 52.7 Å². The second kappa shape index (κ2) is 8.96. The summed E-state index contributed by atoms with van der Waals surface area (Å²) >= 11 is 0. The number of nitrogens with one attached hydrogen (secondary N) is 2. The maximum atomic E-state index is 6.84. The van der Waals surface area contributed by atoms with Crippen LogP contribution in [-0.4, -0.2) is 9.49 Å². The predicted molar refractivity (Wildman–Crippen MR) is 165 cm³/mol. The molecule has 1 aromatic heterocycles. The second-order valence-corrected chi connectivity index (χ2v) is 13.5. The van der Waals surface area contributed by atoms with Gasteiger partial charge < -0.3 is 14.0 Å². The average Bonchev–Trinajstić information content (AvgIpc) is 3.04. The highest BCUT2D eigenvalue weighted by molar-refractivity contribution is 7.36. The lowest BCUT2D eigenvalue weighted by Crippen LogP contribution is -2.17. The number of rotatable bonds is 2. The van der Waals surface area contributed by atoms with Crippen LogP contribution in [0.5, 0.6) is 5.75 Å². The van der Waals surface area contributed by atoms with Crippen molar-refractivity contribution in [3.63, 3.8) is 0 Å².